The smallest absolute Gasteiger partial charge is 0.337 e. The number of methoxy groups -OCH3 is 1. The van der Waals surface area contributed by atoms with Gasteiger partial charge in [-0.3, -0.25) is 4.79 Å². The van der Waals surface area contributed by atoms with Crippen LogP contribution in [-0.4, -0.2) is 25.5 Å². The van der Waals surface area contributed by atoms with E-state index < -0.39 is 5.97 Å². The molecular weight excluding hydrogens is 304 g/mol. The summed E-state index contributed by atoms with van der Waals surface area (Å²) < 4.78 is 4.71. The fourth-order valence-electron chi connectivity index (χ4n) is 2.26. The molecule has 2 N–H and O–H groups in total. The van der Waals surface area contributed by atoms with Crippen molar-refractivity contribution in [2.75, 3.05) is 24.3 Å². The molecule has 0 aliphatic carbocycles. The maximum absolute atomic E-state index is 12.1. The van der Waals surface area contributed by atoms with E-state index >= 15 is 0 Å². The number of anilines is 2. The number of esters is 1. The normalized spacial score (nSPS) is 10.2. The molecule has 126 valence electrons. The number of rotatable bonds is 5. The standard InChI is InChI=1S/C19H22N2O3/c1-12-6-8-16(9-14(12)3)21-18(22)11-20-17-10-15(19(23)24-4)7-5-13(17)2/h5-10,20H,11H2,1-4H3,(H,21,22). The first-order valence-corrected chi connectivity index (χ1v) is 7.70. The molecule has 2 aromatic rings. The highest BCUT2D eigenvalue weighted by molar-refractivity contribution is 5.94. The van der Waals surface area contributed by atoms with Gasteiger partial charge in [-0.1, -0.05) is 12.1 Å². The summed E-state index contributed by atoms with van der Waals surface area (Å²) in [6.07, 6.45) is 0. The van der Waals surface area contributed by atoms with Gasteiger partial charge in [0, 0.05) is 11.4 Å². The fourth-order valence-corrected chi connectivity index (χ4v) is 2.26. The summed E-state index contributed by atoms with van der Waals surface area (Å²) >= 11 is 0. The zero-order chi connectivity index (χ0) is 17.7. The largest absolute Gasteiger partial charge is 0.465 e. The number of carbonyl (C=O) groups is 2. The van der Waals surface area contributed by atoms with Gasteiger partial charge in [0.25, 0.3) is 0 Å². The number of benzene rings is 2. The molecule has 0 radical (unpaired) electrons. The Labute approximate surface area is 142 Å². The lowest BCUT2D eigenvalue weighted by Gasteiger charge is -2.12. The second-order valence-electron chi connectivity index (χ2n) is 5.72. The number of ether oxygens (including phenoxy) is 1. The van der Waals surface area contributed by atoms with Crippen LogP contribution in [0.25, 0.3) is 0 Å². The Kier molecular flexibility index (Phi) is 5.58. The Hall–Kier alpha value is -2.82. The van der Waals surface area contributed by atoms with Crippen molar-refractivity contribution in [2.45, 2.75) is 20.8 Å². The summed E-state index contributed by atoms with van der Waals surface area (Å²) in [6, 6.07) is 11.0. The molecule has 0 aliphatic rings. The maximum atomic E-state index is 12.1. The summed E-state index contributed by atoms with van der Waals surface area (Å²) in [6.45, 7) is 6.05. The zero-order valence-corrected chi connectivity index (χ0v) is 14.4. The predicted octanol–water partition coefficient (Wildman–Crippen LogP) is 3.45. The van der Waals surface area contributed by atoms with Gasteiger partial charge < -0.3 is 15.4 Å². The quantitative estimate of drug-likeness (QED) is 0.826. The minimum atomic E-state index is -0.405. The van der Waals surface area contributed by atoms with E-state index in [1.54, 1.807) is 12.1 Å². The third-order valence-electron chi connectivity index (χ3n) is 3.89. The van der Waals surface area contributed by atoms with Crippen molar-refractivity contribution in [2.24, 2.45) is 0 Å². The van der Waals surface area contributed by atoms with Gasteiger partial charge in [-0.2, -0.15) is 0 Å². The topological polar surface area (TPSA) is 67.4 Å². The molecule has 0 fully saturated rings. The molecular formula is C19H22N2O3. The molecule has 2 aromatic carbocycles. The molecule has 0 saturated heterocycles. The molecule has 5 heteroatoms. The van der Waals surface area contributed by atoms with E-state index in [2.05, 4.69) is 10.6 Å². The van der Waals surface area contributed by atoms with Crippen LogP contribution in [0.4, 0.5) is 11.4 Å². The summed E-state index contributed by atoms with van der Waals surface area (Å²) in [5.74, 6) is -0.557. The molecule has 2 rings (SSSR count). The van der Waals surface area contributed by atoms with E-state index in [4.69, 9.17) is 4.74 Å². The van der Waals surface area contributed by atoms with Gasteiger partial charge in [-0.15, -0.1) is 0 Å². The number of hydrogen-bond acceptors (Lipinski definition) is 4. The van der Waals surface area contributed by atoms with Crippen LogP contribution < -0.4 is 10.6 Å². The number of amides is 1. The molecule has 0 unspecified atom stereocenters. The molecule has 1 amide bonds. The van der Waals surface area contributed by atoms with Gasteiger partial charge >= 0.3 is 5.97 Å². The highest BCUT2D eigenvalue weighted by atomic mass is 16.5. The summed E-state index contributed by atoms with van der Waals surface area (Å²) in [4.78, 5) is 23.7. The number of aryl methyl sites for hydroxylation is 3. The van der Waals surface area contributed by atoms with Crippen molar-refractivity contribution in [3.63, 3.8) is 0 Å². The molecule has 0 bridgehead atoms. The molecule has 0 heterocycles. The van der Waals surface area contributed by atoms with Crippen LogP contribution in [0, 0.1) is 20.8 Å². The summed E-state index contributed by atoms with van der Waals surface area (Å²) in [5, 5.41) is 5.91. The van der Waals surface area contributed by atoms with Crippen LogP contribution >= 0.6 is 0 Å². The van der Waals surface area contributed by atoms with Crippen LogP contribution in [0.1, 0.15) is 27.0 Å². The van der Waals surface area contributed by atoms with Crippen LogP contribution in [0.3, 0.4) is 0 Å². The van der Waals surface area contributed by atoms with E-state index in [0.29, 0.717) is 5.56 Å². The lowest BCUT2D eigenvalue weighted by molar-refractivity contribution is -0.114. The third kappa shape index (κ3) is 4.35. The van der Waals surface area contributed by atoms with Gasteiger partial charge in [0.2, 0.25) is 5.91 Å². The Morgan fingerprint density at radius 1 is 0.958 bits per heavy atom. The van der Waals surface area contributed by atoms with Crippen molar-refractivity contribution >= 4 is 23.3 Å². The van der Waals surface area contributed by atoms with E-state index in [-0.39, 0.29) is 12.5 Å². The van der Waals surface area contributed by atoms with Crippen LogP contribution in [0.5, 0.6) is 0 Å². The van der Waals surface area contributed by atoms with Crippen molar-refractivity contribution in [1.82, 2.24) is 0 Å². The Balaban J connectivity index is 2.00. The fraction of sp³-hybridized carbons (Fsp3) is 0.263. The van der Waals surface area contributed by atoms with Gasteiger partial charge in [0.1, 0.15) is 0 Å². The predicted molar refractivity (Wildman–Crippen MR) is 95.6 cm³/mol. The summed E-state index contributed by atoms with van der Waals surface area (Å²) in [7, 11) is 1.34. The molecule has 5 nitrogen and oxygen atoms in total. The zero-order valence-electron chi connectivity index (χ0n) is 14.4. The third-order valence-corrected chi connectivity index (χ3v) is 3.89. The average molecular weight is 326 g/mol. The first-order chi connectivity index (χ1) is 11.4. The first kappa shape index (κ1) is 17.5. The molecule has 0 saturated carbocycles. The van der Waals surface area contributed by atoms with Gasteiger partial charge in [0.05, 0.1) is 19.2 Å². The van der Waals surface area contributed by atoms with E-state index in [9.17, 15) is 9.59 Å². The highest BCUT2D eigenvalue weighted by Crippen LogP contribution is 2.18. The number of hydrogen-bond donors (Lipinski definition) is 2. The second kappa shape index (κ2) is 7.64. The molecule has 0 atom stereocenters. The lowest BCUT2D eigenvalue weighted by Crippen LogP contribution is -2.22. The number of carbonyl (C=O) groups excluding carboxylic acids is 2. The maximum Gasteiger partial charge on any atom is 0.337 e. The molecule has 0 spiro atoms. The molecule has 0 aromatic heterocycles. The van der Waals surface area contributed by atoms with E-state index in [1.165, 1.54) is 12.7 Å². The van der Waals surface area contributed by atoms with Gasteiger partial charge in [0.15, 0.2) is 0 Å². The number of nitrogens with one attached hydrogen (secondary N) is 2. The minimum absolute atomic E-state index is 0.110. The average Bonchev–Trinajstić information content (AvgIpc) is 2.56. The van der Waals surface area contributed by atoms with Gasteiger partial charge in [-0.05, 0) is 61.7 Å². The molecule has 0 aliphatic heterocycles. The van der Waals surface area contributed by atoms with Crippen LogP contribution in [0.2, 0.25) is 0 Å². The first-order valence-electron chi connectivity index (χ1n) is 7.70. The molecule has 24 heavy (non-hydrogen) atoms. The van der Waals surface area contributed by atoms with Crippen LogP contribution in [-0.2, 0) is 9.53 Å². The van der Waals surface area contributed by atoms with Crippen molar-refractivity contribution < 1.29 is 14.3 Å². The van der Waals surface area contributed by atoms with Gasteiger partial charge in [-0.25, -0.2) is 4.79 Å². The Morgan fingerprint density at radius 3 is 2.33 bits per heavy atom. The van der Waals surface area contributed by atoms with Crippen LogP contribution in [0.15, 0.2) is 36.4 Å². The van der Waals surface area contributed by atoms with Crippen molar-refractivity contribution in [3.05, 3.63) is 58.7 Å². The van der Waals surface area contributed by atoms with E-state index in [0.717, 1.165) is 22.5 Å². The SMILES string of the molecule is COC(=O)c1ccc(C)c(NCC(=O)Nc2ccc(C)c(C)c2)c1. The highest BCUT2D eigenvalue weighted by Gasteiger charge is 2.09. The summed E-state index contributed by atoms with van der Waals surface area (Å²) in [5.41, 5.74) is 5.20. The Bertz CT molecular complexity index is 769. The minimum Gasteiger partial charge on any atom is -0.465 e. The Morgan fingerprint density at radius 2 is 1.67 bits per heavy atom. The monoisotopic (exact) mass is 326 g/mol. The van der Waals surface area contributed by atoms with E-state index in [1.807, 2.05) is 45.0 Å². The van der Waals surface area contributed by atoms with Crippen molar-refractivity contribution in [3.8, 4) is 0 Å². The lowest BCUT2D eigenvalue weighted by atomic mass is 10.1. The second-order valence-corrected chi connectivity index (χ2v) is 5.72. The van der Waals surface area contributed by atoms with Crippen molar-refractivity contribution in [1.29, 1.82) is 0 Å².